The molecule has 0 fully saturated rings. The van der Waals surface area contributed by atoms with Crippen molar-refractivity contribution in [1.29, 1.82) is 5.26 Å². The summed E-state index contributed by atoms with van der Waals surface area (Å²) in [5, 5.41) is 8.97. The topological polar surface area (TPSA) is 45.8 Å². The van der Waals surface area contributed by atoms with Crippen molar-refractivity contribution >= 4 is 11.6 Å². The van der Waals surface area contributed by atoms with Gasteiger partial charge in [0.25, 0.3) is 5.56 Å². The van der Waals surface area contributed by atoms with E-state index in [-0.39, 0.29) is 16.1 Å². The molecule has 0 amide bonds. The Morgan fingerprint density at radius 3 is 2.79 bits per heavy atom. The zero-order valence-corrected chi connectivity index (χ0v) is 8.93. The third-order valence-electron chi connectivity index (χ3n) is 2.02. The normalized spacial score (nSPS) is 9.86. The second-order valence-electron chi connectivity index (χ2n) is 3.08. The van der Waals surface area contributed by atoms with E-state index >= 15 is 0 Å². The average Bonchev–Trinajstić information content (AvgIpc) is 2.12. The lowest BCUT2D eigenvalue weighted by molar-refractivity contribution is 0.634. The van der Waals surface area contributed by atoms with Crippen molar-refractivity contribution in [2.24, 2.45) is 0 Å². The van der Waals surface area contributed by atoms with Gasteiger partial charge in [-0.3, -0.25) is 4.79 Å². The maximum atomic E-state index is 11.7. The van der Waals surface area contributed by atoms with Gasteiger partial charge in [0.05, 0.1) is 5.02 Å². The van der Waals surface area contributed by atoms with Gasteiger partial charge in [-0.15, -0.1) is 0 Å². The summed E-state index contributed by atoms with van der Waals surface area (Å²) < 4.78 is 1.57. The number of halogens is 1. The van der Waals surface area contributed by atoms with Crippen LogP contribution in [-0.4, -0.2) is 4.57 Å². The molecule has 0 saturated heterocycles. The summed E-state index contributed by atoms with van der Waals surface area (Å²) in [7, 11) is 0. The molecule has 0 N–H and O–H groups in total. The van der Waals surface area contributed by atoms with Gasteiger partial charge in [0.15, 0.2) is 0 Å². The minimum absolute atomic E-state index is 0.0331. The molecule has 0 spiro atoms. The van der Waals surface area contributed by atoms with Crippen molar-refractivity contribution in [3.8, 4) is 6.07 Å². The molecule has 1 aromatic rings. The predicted octanol–water partition coefficient (Wildman–Crippen LogP) is 2.09. The molecule has 3 nitrogen and oxygen atoms in total. The molecule has 0 radical (unpaired) electrons. The minimum atomic E-state index is -0.292. The van der Waals surface area contributed by atoms with Gasteiger partial charge >= 0.3 is 0 Å². The van der Waals surface area contributed by atoms with E-state index in [1.807, 2.05) is 19.9 Å². The maximum Gasteiger partial charge on any atom is 0.270 e. The molecule has 0 aliphatic rings. The number of nitriles is 1. The highest BCUT2D eigenvalue weighted by Crippen LogP contribution is 2.13. The van der Waals surface area contributed by atoms with E-state index in [2.05, 4.69) is 0 Å². The van der Waals surface area contributed by atoms with Crippen molar-refractivity contribution in [2.75, 3.05) is 0 Å². The Morgan fingerprint density at radius 1 is 1.64 bits per heavy atom. The van der Waals surface area contributed by atoms with Crippen molar-refractivity contribution in [3.05, 3.63) is 32.7 Å². The number of rotatable bonds is 2. The third kappa shape index (κ3) is 1.80. The molecule has 0 aromatic carbocycles. The number of aryl methyl sites for hydroxylation is 1. The van der Waals surface area contributed by atoms with Crippen LogP contribution in [0.25, 0.3) is 0 Å². The fourth-order valence-electron chi connectivity index (χ4n) is 1.33. The van der Waals surface area contributed by atoms with Crippen molar-refractivity contribution in [1.82, 2.24) is 4.57 Å². The van der Waals surface area contributed by atoms with E-state index in [1.165, 1.54) is 0 Å². The van der Waals surface area contributed by atoms with Crippen LogP contribution in [0.2, 0.25) is 5.02 Å². The Morgan fingerprint density at radius 2 is 2.29 bits per heavy atom. The predicted molar refractivity (Wildman–Crippen MR) is 55.5 cm³/mol. The second kappa shape index (κ2) is 4.30. The molecule has 0 atom stereocenters. The Bertz CT molecular complexity index is 443. The Labute approximate surface area is 87.5 Å². The van der Waals surface area contributed by atoms with Gasteiger partial charge in [-0.05, 0) is 19.4 Å². The molecule has 0 bridgehead atoms. The second-order valence-corrected chi connectivity index (χ2v) is 3.48. The lowest BCUT2D eigenvalue weighted by atomic mass is 10.2. The SMILES string of the molecule is CCCn1c(C)cc(Cl)c(C#N)c1=O. The van der Waals surface area contributed by atoms with E-state index in [0.29, 0.717) is 6.54 Å². The van der Waals surface area contributed by atoms with E-state index in [0.717, 1.165) is 12.1 Å². The number of hydrogen-bond donors (Lipinski definition) is 0. The van der Waals surface area contributed by atoms with Crippen LogP contribution in [0.15, 0.2) is 10.9 Å². The van der Waals surface area contributed by atoms with Crippen molar-refractivity contribution in [2.45, 2.75) is 26.8 Å². The number of aromatic nitrogens is 1. The summed E-state index contributed by atoms with van der Waals surface area (Å²) in [4.78, 5) is 11.7. The molecular formula is C10H11ClN2O. The van der Waals surface area contributed by atoms with E-state index in [4.69, 9.17) is 16.9 Å². The summed E-state index contributed by atoms with van der Waals surface area (Å²) in [6.07, 6.45) is 0.854. The Kier molecular flexibility index (Phi) is 3.32. The first-order chi connectivity index (χ1) is 6.61. The average molecular weight is 211 g/mol. The fraction of sp³-hybridized carbons (Fsp3) is 0.400. The molecule has 14 heavy (non-hydrogen) atoms. The van der Waals surface area contributed by atoms with Gasteiger partial charge in [0, 0.05) is 12.2 Å². The van der Waals surface area contributed by atoms with Gasteiger partial charge in [-0.1, -0.05) is 18.5 Å². The standard InChI is InChI=1S/C10H11ClN2O/c1-3-4-13-7(2)5-9(11)8(6-12)10(13)14/h5H,3-4H2,1-2H3. The highest BCUT2D eigenvalue weighted by atomic mass is 35.5. The number of nitrogens with zero attached hydrogens (tertiary/aromatic N) is 2. The molecule has 0 saturated carbocycles. The molecule has 74 valence electrons. The summed E-state index contributed by atoms with van der Waals surface area (Å²) in [6.45, 7) is 4.41. The Hall–Kier alpha value is -1.27. The first-order valence-electron chi connectivity index (χ1n) is 4.41. The Balaban J connectivity index is 3.46. The molecule has 1 aromatic heterocycles. The van der Waals surface area contributed by atoms with Crippen LogP contribution >= 0.6 is 11.6 Å². The highest BCUT2D eigenvalue weighted by Gasteiger charge is 2.09. The van der Waals surface area contributed by atoms with E-state index in [1.54, 1.807) is 10.6 Å². The minimum Gasteiger partial charge on any atom is -0.312 e. The van der Waals surface area contributed by atoms with Gasteiger partial charge in [0.1, 0.15) is 11.6 Å². The van der Waals surface area contributed by atoms with Crippen LogP contribution in [0.1, 0.15) is 24.6 Å². The van der Waals surface area contributed by atoms with Crippen molar-refractivity contribution in [3.63, 3.8) is 0 Å². The quantitative estimate of drug-likeness (QED) is 0.751. The first kappa shape index (κ1) is 10.8. The molecule has 0 unspecified atom stereocenters. The molecule has 4 heteroatoms. The van der Waals surface area contributed by atoms with Crippen LogP contribution in [-0.2, 0) is 6.54 Å². The monoisotopic (exact) mass is 210 g/mol. The van der Waals surface area contributed by atoms with Gasteiger partial charge in [-0.25, -0.2) is 0 Å². The number of pyridine rings is 1. The smallest absolute Gasteiger partial charge is 0.270 e. The van der Waals surface area contributed by atoms with Crippen LogP contribution in [0.5, 0.6) is 0 Å². The molecular weight excluding hydrogens is 200 g/mol. The first-order valence-corrected chi connectivity index (χ1v) is 4.79. The van der Waals surface area contributed by atoms with Crippen LogP contribution in [0, 0.1) is 18.3 Å². The van der Waals surface area contributed by atoms with Gasteiger partial charge in [0.2, 0.25) is 0 Å². The lowest BCUT2D eigenvalue weighted by Crippen LogP contribution is -2.24. The van der Waals surface area contributed by atoms with Crippen LogP contribution < -0.4 is 5.56 Å². The van der Waals surface area contributed by atoms with Crippen molar-refractivity contribution < 1.29 is 0 Å². The highest BCUT2D eigenvalue weighted by molar-refractivity contribution is 6.31. The molecule has 1 rings (SSSR count). The molecule has 0 aliphatic carbocycles. The van der Waals surface area contributed by atoms with Gasteiger partial charge in [-0.2, -0.15) is 5.26 Å². The lowest BCUT2D eigenvalue weighted by Gasteiger charge is -2.09. The fourth-order valence-corrected chi connectivity index (χ4v) is 1.61. The van der Waals surface area contributed by atoms with E-state index in [9.17, 15) is 4.79 Å². The maximum absolute atomic E-state index is 11.7. The summed E-state index contributed by atoms with van der Waals surface area (Å²) >= 11 is 5.77. The van der Waals surface area contributed by atoms with Crippen LogP contribution in [0.3, 0.4) is 0 Å². The summed E-state index contributed by atoms with van der Waals surface area (Å²) in [5.41, 5.74) is 0.533. The summed E-state index contributed by atoms with van der Waals surface area (Å²) in [6, 6.07) is 3.47. The summed E-state index contributed by atoms with van der Waals surface area (Å²) in [5.74, 6) is 0. The zero-order chi connectivity index (χ0) is 10.7. The largest absolute Gasteiger partial charge is 0.312 e. The number of hydrogen-bond acceptors (Lipinski definition) is 2. The third-order valence-corrected chi connectivity index (χ3v) is 2.32. The van der Waals surface area contributed by atoms with Crippen LogP contribution in [0.4, 0.5) is 0 Å². The zero-order valence-electron chi connectivity index (χ0n) is 8.17. The van der Waals surface area contributed by atoms with E-state index < -0.39 is 0 Å². The molecule has 1 heterocycles. The van der Waals surface area contributed by atoms with Gasteiger partial charge < -0.3 is 4.57 Å². The molecule has 0 aliphatic heterocycles.